The van der Waals surface area contributed by atoms with E-state index in [4.69, 9.17) is 0 Å². The van der Waals surface area contributed by atoms with Crippen LogP contribution in [0.4, 0.5) is 19.0 Å². The number of hydrogen-bond acceptors (Lipinski definition) is 5. The highest BCUT2D eigenvalue weighted by Crippen LogP contribution is 2.47. The number of anilines is 1. The van der Waals surface area contributed by atoms with E-state index in [2.05, 4.69) is 31.4 Å². The largest absolute Gasteiger partial charge is 0.410 e. The highest BCUT2D eigenvalue weighted by Gasteiger charge is 2.48. The second kappa shape index (κ2) is 7.97. The summed E-state index contributed by atoms with van der Waals surface area (Å²) in [5.41, 5.74) is 1.69. The standard InChI is InChI=1S/C19H20BrF3N6OS/c1-10-11(8-24-28(10)3)9-27(2)18(30)16-15(20)17-25-12(13-5-4-6-31-13)7-14(19(21,22)23)29(17)26-16/h4-6,8,12,14,25H,7,9H2,1-3H3/t12-,14-/m1/s1. The molecule has 0 aromatic carbocycles. The number of fused-ring (bicyclic) bond motifs is 1. The molecule has 1 amide bonds. The molecule has 4 rings (SSSR count). The molecule has 0 aliphatic carbocycles. The van der Waals surface area contributed by atoms with E-state index in [9.17, 15) is 18.0 Å². The molecule has 0 bridgehead atoms. The van der Waals surface area contributed by atoms with E-state index in [1.165, 1.54) is 16.2 Å². The molecule has 3 aromatic heterocycles. The molecule has 0 unspecified atom stereocenters. The first kappa shape index (κ1) is 21.9. The van der Waals surface area contributed by atoms with Crippen molar-refractivity contribution in [3.63, 3.8) is 0 Å². The number of amides is 1. The van der Waals surface area contributed by atoms with Gasteiger partial charge in [0.2, 0.25) is 0 Å². The predicted molar refractivity (Wildman–Crippen MR) is 114 cm³/mol. The van der Waals surface area contributed by atoms with Gasteiger partial charge >= 0.3 is 6.18 Å². The molecule has 1 aliphatic rings. The van der Waals surface area contributed by atoms with Gasteiger partial charge in [0.1, 0.15) is 5.82 Å². The lowest BCUT2D eigenvalue weighted by molar-refractivity contribution is -0.173. The zero-order valence-corrected chi connectivity index (χ0v) is 19.3. The Hall–Kier alpha value is -2.34. The number of rotatable bonds is 4. The molecule has 12 heteroatoms. The molecule has 1 aliphatic heterocycles. The van der Waals surface area contributed by atoms with Crippen LogP contribution >= 0.6 is 27.3 Å². The number of nitrogens with zero attached hydrogens (tertiary/aromatic N) is 5. The van der Waals surface area contributed by atoms with Gasteiger partial charge in [-0.3, -0.25) is 9.48 Å². The fraction of sp³-hybridized carbons (Fsp3) is 0.421. The zero-order chi connectivity index (χ0) is 22.5. The van der Waals surface area contributed by atoms with Crippen LogP contribution < -0.4 is 5.32 Å². The number of hydrogen-bond donors (Lipinski definition) is 1. The van der Waals surface area contributed by atoms with Crippen LogP contribution in [0.15, 0.2) is 28.2 Å². The van der Waals surface area contributed by atoms with E-state index >= 15 is 0 Å². The van der Waals surface area contributed by atoms with Crippen LogP contribution in [0.25, 0.3) is 0 Å². The summed E-state index contributed by atoms with van der Waals surface area (Å²) in [6, 6.07) is 1.24. The summed E-state index contributed by atoms with van der Waals surface area (Å²) in [5, 5.41) is 13.2. The summed E-state index contributed by atoms with van der Waals surface area (Å²) in [4.78, 5) is 15.3. The lowest BCUT2D eigenvalue weighted by Crippen LogP contribution is -2.35. The third-order valence-corrected chi connectivity index (χ3v) is 7.21. The molecular weight excluding hydrogens is 497 g/mol. The Morgan fingerprint density at radius 2 is 2.19 bits per heavy atom. The summed E-state index contributed by atoms with van der Waals surface area (Å²) in [6.07, 6.45) is -3.04. The normalized spacial score (nSPS) is 18.5. The first-order chi connectivity index (χ1) is 14.6. The summed E-state index contributed by atoms with van der Waals surface area (Å²) in [5.74, 6) is -0.325. The monoisotopic (exact) mass is 516 g/mol. The van der Waals surface area contributed by atoms with Crippen molar-refractivity contribution in [2.45, 2.75) is 38.1 Å². The van der Waals surface area contributed by atoms with Crippen molar-refractivity contribution >= 4 is 39.0 Å². The number of halogens is 4. The Labute approximate surface area is 189 Å². The van der Waals surface area contributed by atoms with Crippen LogP contribution in [0.5, 0.6) is 0 Å². The average Bonchev–Trinajstić information content (AvgIpc) is 3.43. The minimum absolute atomic E-state index is 0.0624. The van der Waals surface area contributed by atoms with Gasteiger partial charge in [-0.15, -0.1) is 11.3 Å². The second-order valence-electron chi connectivity index (χ2n) is 7.50. The van der Waals surface area contributed by atoms with Gasteiger partial charge in [0, 0.05) is 43.2 Å². The third kappa shape index (κ3) is 3.98. The maximum absolute atomic E-state index is 13.9. The van der Waals surface area contributed by atoms with Crippen LogP contribution in [-0.4, -0.2) is 43.6 Å². The molecule has 7 nitrogen and oxygen atoms in total. The molecule has 0 fully saturated rings. The van der Waals surface area contributed by atoms with Crippen molar-refractivity contribution in [2.75, 3.05) is 12.4 Å². The Balaban J connectivity index is 1.67. The molecule has 3 aromatic rings. The SMILES string of the molecule is Cc1c(CN(C)C(=O)c2nn3c(c2Br)N[C@@H](c2cccs2)C[C@@H]3C(F)(F)F)cnn1C. The van der Waals surface area contributed by atoms with Crippen LogP contribution in [0.2, 0.25) is 0 Å². The zero-order valence-electron chi connectivity index (χ0n) is 16.9. The number of thiophene rings is 1. The maximum atomic E-state index is 13.9. The van der Waals surface area contributed by atoms with E-state index in [0.717, 1.165) is 20.8 Å². The number of aromatic nitrogens is 4. The minimum Gasteiger partial charge on any atom is -0.362 e. The van der Waals surface area contributed by atoms with Gasteiger partial charge in [0.15, 0.2) is 11.7 Å². The topological polar surface area (TPSA) is 68.0 Å². The molecule has 0 saturated carbocycles. The molecule has 2 atom stereocenters. The first-order valence-electron chi connectivity index (χ1n) is 9.45. The van der Waals surface area contributed by atoms with Gasteiger partial charge in [-0.2, -0.15) is 23.4 Å². The van der Waals surface area contributed by atoms with E-state index < -0.39 is 24.2 Å². The molecule has 0 saturated heterocycles. The van der Waals surface area contributed by atoms with Gasteiger partial charge in [-0.05, 0) is 34.3 Å². The van der Waals surface area contributed by atoms with E-state index in [0.29, 0.717) is 0 Å². The van der Waals surface area contributed by atoms with Crippen molar-refractivity contribution in [1.82, 2.24) is 24.5 Å². The molecule has 1 N–H and O–H groups in total. The lowest BCUT2D eigenvalue weighted by Gasteiger charge is -2.33. The number of carbonyl (C=O) groups is 1. The number of nitrogens with one attached hydrogen (secondary N) is 1. The van der Waals surface area contributed by atoms with Crippen LogP contribution in [-0.2, 0) is 13.6 Å². The summed E-state index contributed by atoms with van der Waals surface area (Å²) >= 11 is 4.71. The van der Waals surface area contributed by atoms with Crippen molar-refractivity contribution in [3.05, 3.63) is 50.0 Å². The quantitative estimate of drug-likeness (QED) is 0.546. The molecular formula is C19H20BrF3N6OS. The Kier molecular flexibility index (Phi) is 5.63. The first-order valence-corrected chi connectivity index (χ1v) is 11.1. The van der Waals surface area contributed by atoms with Gasteiger partial charge in [0.05, 0.1) is 16.7 Å². The molecule has 0 spiro atoms. The van der Waals surface area contributed by atoms with E-state index in [1.54, 1.807) is 37.1 Å². The molecule has 0 radical (unpaired) electrons. The van der Waals surface area contributed by atoms with Gasteiger partial charge < -0.3 is 10.2 Å². The number of aryl methyl sites for hydroxylation is 1. The van der Waals surface area contributed by atoms with Gasteiger partial charge in [-0.1, -0.05) is 6.07 Å². The average molecular weight is 517 g/mol. The fourth-order valence-corrected chi connectivity index (χ4v) is 4.95. The number of alkyl halides is 3. The Morgan fingerprint density at radius 3 is 2.77 bits per heavy atom. The maximum Gasteiger partial charge on any atom is 0.410 e. The third-order valence-electron chi connectivity index (χ3n) is 5.48. The Morgan fingerprint density at radius 1 is 1.45 bits per heavy atom. The Bertz CT molecular complexity index is 1110. The fourth-order valence-electron chi connectivity index (χ4n) is 3.61. The second-order valence-corrected chi connectivity index (χ2v) is 9.27. The molecule has 4 heterocycles. The van der Waals surface area contributed by atoms with Gasteiger partial charge in [-0.25, -0.2) is 4.68 Å². The lowest BCUT2D eigenvalue weighted by atomic mass is 10.0. The summed E-state index contributed by atoms with van der Waals surface area (Å²) in [7, 11) is 3.39. The van der Waals surface area contributed by atoms with Crippen LogP contribution in [0, 0.1) is 6.92 Å². The van der Waals surface area contributed by atoms with Crippen molar-refractivity contribution < 1.29 is 18.0 Å². The molecule has 166 valence electrons. The highest BCUT2D eigenvalue weighted by molar-refractivity contribution is 9.10. The van der Waals surface area contributed by atoms with Crippen LogP contribution in [0.1, 0.15) is 45.1 Å². The van der Waals surface area contributed by atoms with Gasteiger partial charge in [0.25, 0.3) is 5.91 Å². The van der Waals surface area contributed by atoms with E-state index in [1.807, 2.05) is 12.3 Å². The molecule has 31 heavy (non-hydrogen) atoms. The predicted octanol–water partition coefficient (Wildman–Crippen LogP) is 4.68. The smallest absolute Gasteiger partial charge is 0.362 e. The van der Waals surface area contributed by atoms with Crippen LogP contribution in [0.3, 0.4) is 0 Å². The summed E-state index contributed by atoms with van der Waals surface area (Å²) in [6.45, 7) is 2.15. The van der Waals surface area contributed by atoms with E-state index in [-0.39, 0.29) is 29.0 Å². The highest BCUT2D eigenvalue weighted by atomic mass is 79.9. The van der Waals surface area contributed by atoms with Crippen molar-refractivity contribution in [3.8, 4) is 0 Å². The minimum atomic E-state index is -4.50. The number of carbonyl (C=O) groups excluding carboxylic acids is 1. The summed E-state index contributed by atoms with van der Waals surface area (Å²) < 4.78 is 44.4. The van der Waals surface area contributed by atoms with Crippen molar-refractivity contribution in [1.29, 1.82) is 0 Å². The van der Waals surface area contributed by atoms with Crippen molar-refractivity contribution in [2.24, 2.45) is 7.05 Å².